The summed E-state index contributed by atoms with van der Waals surface area (Å²) in [6, 6.07) is 15.2. The Hall–Kier alpha value is -3.45. The van der Waals surface area contributed by atoms with Gasteiger partial charge in [0.25, 0.3) is 5.56 Å². The molecule has 0 atom stereocenters. The molecule has 4 rings (SSSR count). The number of aliphatic imine (C=N–C) groups is 1. The van der Waals surface area contributed by atoms with Crippen LogP contribution >= 0.6 is 12.2 Å². The molecule has 0 aliphatic carbocycles. The van der Waals surface area contributed by atoms with Gasteiger partial charge in [0.05, 0.1) is 18.5 Å². The minimum atomic E-state index is -0.479. The summed E-state index contributed by atoms with van der Waals surface area (Å²) in [6.07, 6.45) is 1.61. The number of benzene rings is 2. The molecule has 3 aromatic rings. The predicted octanol–water partition coefficient (Wildman–Crippen LogP) is 3.82. The first kappa shape index (κ1) is 17.0. The number of nitrogens with zero attached hydrogens (tertiary/aromatic N) is 1. The van der Waals surface area contributed by atoms with Crippen molar-refractivity contribution >= 4 is 35.3 Å². The maximum absolute atomic E-state index is 12.3. The first-order valence-electron chi connectivity index (χ1n) is 8.17. The minimum absolute atomic E-state index is 0.0603. The molecular formula is C20H15N3O3S. The molecule has 27 heavy (non-hydrogen) atoms. The van der Waals surface area contributed by atoms with Crippen molar-refractivity contribution in [1.82, 2.24) is 9.97 Å². The number of methoxy groups -OCH3 is 1. The zero-order chi connectivity index (χ0) is 19.0. The van der Waals surface area contributed by atoms with Gasteiger partial charge in [-0.3, -0.25) is 9.78 Å². The Balaban J connectivity index is 1.97. The lowest BCUT2D eigenvalue weighted by atomic mass is 9.96. The lowest BCUT2D eigenvalue weighted by Gasteiger charge is -2.08. The second-order valence-electron chi connectivity index (χ2n) is 5.94. The van der Waals surface area contributed by atoms with Crippen LogP contribution in [0.5, 0.6) is 11.6 Å². The molecule has 7 heteroatoms. The highest BCUT2D eigenvalue weighted by molar-refractivity contribution is 7.71. The SMILES string of the molecule is COc1ccc2c(c1)C(=Cc1c(O)[nH]c(=S)[nH]c1=O)C(c1ccccc1)=N2. The van der Waals surface area contributed by atoms with E-state index in [9.17, 15) is 9.90 Å². The Morgan fingerprint density at radius 3 is 2.63 bits per heavy atom. The number of aromatic nitrogens is 2. The number of aromatic amines is 2. The fourth-order valence-corrected chi connectivity index (χ4v) is 3.18. The number of hydrogen-bond donors (Lipinski definition) is 3. The largest absolute Gasteiger partial charge is 0.497 e. The van der Waals surface area contributed by atoms with Gasteiger partial charge < -0.3 is 14.8 Å². The molecule has 0 saturated carbocycles. The predicted molar refractivity (Wildman–Crippen MR) is 107 cm³/mol. The Labute approximate surface area is 159 Å². The molecule has 1 aromatic heterocycles. The second-order valence-corrected chi connectivity index (χ2v) is 6.35. The van der Waals surface area contributed by atoms with Crippen LogP contribution in [0, 0.1) is 4.77 Å². The minimum Gasteiger partial charge on any atom is -0.497 e. The number of ether oxygens (including phenoxy) is 1. The first-order chi connectivity index (χ1) is 13.1. The van der Waals surface area contributed by atoms with E-state index in [0.717, 1.165) is 16.8 Å². The van der Waals surface area contributed by atoms with Gasteiger partial charge in [0.15, 0.2) is 4.77 Å². The van der Waals surface area contributed by atoms with Gasteiger partial charge >= 0.3 is 0 Å². The lowest BCUT2D eigenvalue weighted by Crippen LogP contribution is -2.12. The smallest absolute Gasteiger partial charge is 0.262 e. The average molecular weight is 377 g/mol. The fraction of sp³-hybridized carbons (Fsp3) is 0.0500. The summed E-state index contributed by atoms with van der Waals surface area (Å²) in [4.78, 5) is 22.1. The third kappa shape index (κ3) is 3.09. The molecule has 0 bridgehead atoms. The molecule has 2 heterocycles. The summed E-state index contributed by atoms with van der Waals surface area (Å²) in [5, 5.41) is 10.2. The third-order valence-electron chi connectivity index (χ3n) is 4.28. The van der Waals surface area contributed by atoms with Crippen molar-refractivity contribution in [2.45, 2.75) is 0 Å². The molecule has 0 fully saturated rings. The molecule has 1 aliphatic rings. The molecule has 134 valence electrons. The molecule has 0 radical (unpaired) electrons. The molecule has 1 aliphatic heterocycles. The Kier molecular flexibility index (Phi) is 4.21. The van der Waals surface area contributed by atoms with Gasteiger partial charge in [-0.15, -0.1) is 0 Å². The third-order valence-corrected chi connectivity index (χ3v) is 4.48. The maximum atomic E-state index is 12.3. The maximum Gasteiger partial charge on any atom is 0.262 e. The number of rotatable bonds is 3. The number of hydrogen-bond acceptors (Lipinski definition) is 5. The fourth-order valence-electron chi connectivity index (χ4n) is 2.99. The number of fused-ring (bicyclic) bond motifs is 1. The molecule has 6 nitrogen and oxygen atoms in total. The van der Waals surface area contributed by atoms with Crippen LogP contribution < -0.4 is 10.3 Å². The lowest BCUT2D eigenvalue weighted by molar-refractivity contribution is 0.415. The molecule has 3 N–H and O–H groups in total. The molecule has 0 unspecified atom stereocenters. The Morgan fingerprint density at radius 2 is 1.93 bits per heavy atom. The van der Waals surface area contributed by atoms with Crippen LogP contribution in [0.3, 0.4) is 0 Å². The van der Waals surface area contributed by atoms with Crippen LogP contribution in [-0.2, 0) is 0 Å². The van der Waals surface area contributed by atoms with Crippen LogP contribution in [-0.4, -0.2) is 27.9 Å². The van der Waals surface area contributed by atoms with E-state index >= 15 is 0 Å². The second kappa shape index (κ2) is 6.69. The summed E-state index contributed by atoms with van der Waals surface area (Å²) in [5.41, 5.74) is 3.50. The normalized spacial score (nSPS) is 14.1. The van der Waals surface area contributed by atoms with Crippen LogP contribution in [0.1, 0.15) is 16.7 Å². The van der Waals surface area contributed by atoms with Crippen LogP contribution in [0.15, 0.2) is 58.3 Å². The van der Waals surface area contributed by atoms with Crippen molar-refractivity contribution in [3.05, 3.63) is 80.3 Å². The van der Waals surface area contributed by atoms with Crippen molar-refractivity contribution in [2.24, 2.45) is 4.99 Å². The zero-order valence-corrected chi connectivity index (χ0v) is 15.1. The highest BCUT2D eigenvalue weighted by atomic mass is 32.1. The van der Waals surface area contributed by atoms with Crippen molar-refractivity contribution in [1.29, 1.82) is 0 Å². The molecule has 0 saturated heterocycles. The van der Waals surface area contributed by atoms with Gasteiger partial charge in [-0.1, -0.05) is 30.3 Å². The highest BCUT2D eigenvalue weighted by Gasteiger charge is 2.24. The van der Waals surface area contributed by atoms with Crippen molar-refractivity contribution in [3.63, 3.8) is 0 Å². The highest BCUT2D eigenvalue weighted by Crippen LogP contribution is 2.40. The van der Waals surface area contributed by atoms with E-state index in [1.807, 2.05) is 48.5 Å². The standard InChI is InChI=1S/C20H15N3O3S/c1-26-12-7-8-16-13(9-12)14(17(21-16)11-5-3-2-4-6-11)10-15-18(24)22-20(27)23-19(15)25/h2-10H,1H3,(H3,22,23,24,25,27). The molecule has 0 spiro atoms. The Morgan fingerprint density at radius 1 is 1.15 bits per heavy atom. The van der Waals surface area contributed by atoms with Crippen molar-refractivity contribution in [2.75, 3.05) is 7.11 Å². The number of H-pyrrole nitrogens is 2. The summed E-state index contributed by atoms with van der Waals surface area (Å²) in [6.45, 7) is 0. The van der Waals surface area contributed by atoms with Crippen LogP contribution in [0.25, 0.3) is 11.6 Å². The summed E-state index contributed by atoms with van der Waals surface area (Å²) in [7, 11) is 1.59. The molecular weight excluding hydrogens is 362 g/mol. The van der Waals surface area contributed by atoms with Gasteiger partial charge in [-0.25, -0.2) is 4.99 Å². The molecule has 2 aromatic carbocycles. The quantitative estimate of drug-likeness (QED) is 0.605. The van der Waals surface area contributed by atoms with Gasteiger partial charge in [-0.05, 0) is 36.5 Å². The monoisotopic (exact) mass is 377 g/mol. The van der Waals surface area contributed by atoms with Gasteiger partial charge in [0.2, 0.25) is 5.88 Å². The van der Waals surface area contributed by atoms with E-state index in [-0.39, 0.29) is 16.2 Å². The number of aromatic hydroxyl groups is 1. The van der Waals surface area contributed by atoms with E-state index in [1.165, 1.54) is 0 Å². The van der Waals surface area contributed by atoms with E-state index in [1.54, 1.807) is 13.2 Å². The van der Waals surface area contributed by atoms with E-state index in [4.69, 9.17) is 21.9 Å². The topological polar surface area (TPSA) is 90.5 Å². The van der Waals surface area contributed by atoms with Gasteiger partial charge in [0, 0.05) is 16.7 Å². The van der Waals surface area contributed by atoms with Gasteiger partial charge in [0.1, 0.15) is 11.3 Å². The van der Waals surface area contributed by atoms with Crippen LogP contribution in [0.4, 0.5) is 5.69 Å². The van der Waals surface area contributed by atoms with Crippen molar-refractivity contribution < 1.29 is 9.84 Å². The van der Waals surface area contributed by atoms with Gasteiger partial charge in [-0.2, -0.15) is 0 Å². The first-order valence-corrected chi connectivity index (χ1v) is 8.58. The summed E-state index contributed by atoms with van der Waals surface area (Å²) in [5.74, 6) is 0.384. The summed E-state index contributed by atoms with van der Waals surface area (Å²) >= 11 is 4.89. The Bertz CT molecular complexity index is 1210. The van der Waals surface area contributed by atoms with E-state index < -0.39 is 5.56 Å². The molecule has 0 amide bonds. The van der Waals surface area contributed by atoms with E-state index in [2.05, 4.69) is 9.97 Å². The number of allylic oxidation sites excluding steroid dienone is 1. The zero-order valence-electron chi connectivity index (χ0n) is 14.3. The van der Waals surface area contributed by atoms with Crippen molar-refractivity contribution in [3.8, 4) is 11.6 Å². The van der Waals surface area contributed by atoms with Crippen LogP contribution in [0.2, 0.25) is 0 Å². The number of nitrogens with one attached hydrogen (secondary N) is 2. The van der Waals surface area contributed by atoms with E-state index in [0.29, 0.717) is 17.0 Å². The average Bonchev–Trinajstić information content (AvgIpc) is 3.02. The summed E-state index contributed by atoms with van der Waals surface area (Å²) < 4.78 is 5.39.